The van der Waals surface area contributed by atoms with Gasteiger partial charge in [0.1, 0.15) is 0 Å². The fraction of sp³-hybridized carbons (Fsp3) is 0.533. The largest absolute Gasteiger partial charge is 0.387 e. The Labute approximate surface area is 117 Å². The number of halogens is 1. The Morgan fingerprint density at radius 2 is 2.33 bits per heavy atom. The van der Waals surface area contributed by atoms with Crippen LogP contribution in [0.15, 0.2) is 28.7 Å². The van der Waals surface area contributed by atoms with Gasteiger partial charge >= 0.3 is 0 Å². The summed E-state index contributed by atoms with van der Waals surface area (Å²) in [6.07, 6.45) is 3.08. The zero-order valence-electron chi connectivity index (χ0n) is 10.6. The fourth-order valence-electron chi connectivity index (χ4n) is 3.00. The molecule has 1 aromatic rings. The lowest BCUT2D eigenvalue weighted by Gasteiger charge is -2.38. The molecule has 1 fully saturated rings. The summed E-state index contributed by atoms with van der Waals surface area (Å²) in [6, 6.07) is 10.0. The summed E-state index contributed by atoms with van der Waals surface area (Å²) in [5, 5.41) is 20.1. The van der Waals surface area contributed by atoms with Crippen LogP contribution in [-0.4, -0.2) is 5.11 Å². The Bertz CT molecular complexity index is 468. The van der Waals surface area contributed by atoms with E-state index in [1.54, 1.807) is 0 Å². The Balaban J connectivity index is 2.30. The minimum atomic E-state index is -0.692. The van der Waals surface area contributed by atoms with Crippen molar-refractivity contribution in [2.45, 2.75) is 38.7 Å². The minimum Gasteiger partial charge on any atom is -0.387 e. The number of hydrogen-bond acceptors (Lipinski definition) is 2. The van der Waals surface area contributed by atoms with Gasteiger partial charge in [0.05, 0.1) is 17.6 Å². The van der Waals surface area contributed by atoms with E-state index in [0.29, 0.717) is 5.92 Å². The number of rotatable bonds is 2. The van der Waals surface area contributed by atoms with Crippen molar-refractivity contribution in [3.8, 4) is 6.07 Å². The molecular weight excluding hydrogens is 290 g/mol. The lowest BCUT2D eigenvalue weighted by Crippen LogP contribution is -2.32. The highest BCUT2D eigenvalue weighted by Crippen LogP contribution is 2.47. The molecule has 18 heavy (non-hydrogen) atoms. The molecule has 0 heterocycles. The second-order valence-electron chi connectivity index (χ2n) is 5.43. The minimum absolute atomic E-state index is 0.514. The average Bonchev–Trinajstić information content (AvgIpc) is 2.37. The second-order valence-corrected chi connectivity index (χ2v) is 6.34. The number of benzene rings is 1. The summed E-state index contributed by atoms with van der Waals surface area (Å²) in [6.45, 7) is 2.17. The molecule has 1 aromatic carbocycles. The first-order valence-corrected chi connectivity index (χ1v) is 7.21. The van der Waals surface area contributed by atoms with Crippen LogP contribution in [0.1, 0.15) is 44.3 Å². The Morgan fingerprint density at radius 3 is 2.94 bits per heavy atom. The van der Waals surface area contributed by atoms with Crippen molar-refractivity contribution in [2.24, 2.45) is 11.3 Å². The first-order valence-electron chi connectivity index (χ1n) is 6.42. The first kappa shape index (κ1) is 13.6. The van der Waals surface area contributed by atoms with E-state index in [1.807, 2.05) is 24.3 Å². The molecule has 1 saturated carbocycles. The summed E-state index contributed by atoms with van der Waals surface area (Å²) in [5.74, 6) is 0.514. The van der Waals surface area contributed by atoms with Crippen LogP contribution < -0.4 is 0 Å². The predicted molar refractivity (Wildman–Crippen MR) is 74.8 cm³/mol. The van der Waals surface area contributed by atoms with Crippen LogP contribution in [-0.2, 0) is 0 Å². The summed E-state index contributed by atoms with van der Waals surface area (Å²) in [7, 11) is 0. The zero-order chi connectivity index (χ0) is 13.2. The van der Waals surface area contributed by atoms with Crippen LogP contribution in [0.25, 0.3) is 0 Å². The number of hydrogen-bond donors (Lipinski definition) is 1. The smallest absolute Gasteiger partial charge is 0.0976 e. The summed E-state index contributed by atoms with van der Waals surface area (Å²) < 4.78 is 0.941. The van der Waals surface area contributed by atoms with Crippen LogP contribution >= 0.6 is 15.9 Å². The molecular formula is C15H18BrNO. The SMILES string of the molecule is CC1CCCC(C#N)(C(O)c2cccc(Br)c2)C1. The van der Waals surface area contributed by atoms with Crippen molar-refractivity contribution in [3.05, 3.63) is 34.3 Å². The molecule has 0 radical (unpaired) electrons. The van der Waals surface area contributed by atoms with Crippen LogP contribution in [0, 0.1) is 22.7 Å². The van der Waals surface area contributed by atoms with Gasteiger partial charge in [0.25, 0.3) is 0 Å². The van der Waals surface area contributed by atoms with Crippen molar-refractivity contribution in [1.82, 2.24) is 0 Å². The van der Waals surface area contributed by atoms with Crippen LogP contribution in [0.2, 0.25) is 0 Å². The third-order valence-electron chi connectivity index (χ3n) is 3.94. The summed E-state index contributed by atoms with van der Waals surface area (Å²) in [5.41, 5.74) is 0.221. The predicted octanol–water partition coefficient (Wildman–Crippen LogP) is 4.20. The molecule has 2 nitrogen and oxygen atoms in total. The van der Waals surface area contributed by atoms with Crippen LogP contribution in [0.4, 0.5) is 0 Å². The molecule has 3 heteroatoms. The first-order chi connectivity index (χ1) is 8.57. The second kappa shape index (κ2) is 5.42. The third-order valence-corrected chi connectivity index (χ3v) is 4.44. The zero-order valence-corrected chi connectivity index (χ0v) is 12.2. The van der Waals surface area contributed by atoms with Gasteiger partial charge in [-0.15, -0.1) is 0 Å². The van der Waals surface area contributed by atoms with Crippen molar-refractivity contribution >= 4 is 15.9 Å². The Kier molecular flexibility index (Phi) is 4.09. The van der Waals surface area contributed by atoms with E-state index >= 15 is 0 Å². The maximum atomic E-state index is 10.6. The Morgan fingerprint density at radius 1 is 1.56 bits per heavy atom. The van der Waals surface area contributed by atoms with Gasteiger partial charge in [-0.05, 0) is 36.5 Å². The molecule has 0 bridgehead atoms. The third kappa shape index (κ3) is 2.60. The highest BCUT2D eigenvalue weighted by atomic mass is 79.9. The molecule has 3 atom stereocenters. The molecule has 96 valence electrons. The standard InChI is InChI=1S/C15H18BrNO/c1-11-4-3-7-15(9-11,10-17)14(18)12-5-2-6-13(16)8-12/h2,5-6,8,11,14,18H,3-4,7,9H2,1H3. The van der Waals surface area contributed by atoms with E-state index in [4.69, 9.17) is 0 Å². The number of aliphatic hydroxyl groups is 1. The van der Waals surface area contributed by atoms with E-state index in [9.17, 15) is 10.4 Å². The maximum absolute atomic E-state index is 10.6. The van der Waals surface area contributed by atoms with E-state index in [-0.39, 0.29) is 0 Å². The molecule has 3 unspecified atom stereocenters. The Hall–Kier alpha value is -0.850. The van der Waals surface area contributed by atoms with Crippen molar-refractivity contribution in [3.63, 3.8) is 0 Å². The topological polar surface area (TPSA) is 44.0 Å². The number of nitriles is 1. The van der Waals surface area contributed by atoms with Gasteiger partial charge < -0.3 is 5.11 Å². The van der Waals surface area contributed by atoms with Gasteiger partial charge in [-0.3, -0.25) is 0 Å². The van der Waals surface area contributed by atoms with Gasteiger partial charge in [0.2, 0.25) is 0 Å². The van der Waals surface area contributed by atoms with Crippen molar-refractivity contribution < 1.29 is 5.11 Å². The molecule has 1 N–H and O–H groups in total. The number of nitrogens with zero attached hydrogens (tertiary/aromatic N) is 1. The van der Waals surface area contributed by atoms with Crippen molar-refractivity contribution in [2.75, 3.05) is 0 Å². The molecule has 0 aromatic heterocycles. The van der Waals surface area contributed by atoms with Gasteiger partial charge in [-0.25, -0.2) is 0 Å². The lowest BCUT2D eigenvalue weighted by molar-refractivity contribution is 0.0219. The fourth-order valence-corrected chi connectivity index (χ4v) is 3.42. The van der Waals surface area contributed by atoms with Gasteiger partial charge in [-0.2, -0.15) is 5.26 Å². The lowest BCUT2D eigenvalue weighted by atomic mass is 9.66. The van der Waals surface area contributed by atoms with Gasteiger partial charge in [0.15, 0.2) is 0 Å². The molecule has 1 aliphatic carbocycles. The van der Waals surface area contributed by atoms with E-state index in [1.165, 1.54) is 0 Å². The van der Waals surface area contributed by atoms with Crippen LogP contribution in [0.3, 0.4) is 0 Å². The molecule has 0 amide bonds. The normalized spacial score (nSPS) is 29.6. The molecule has 2 rings (SSSR count). The molecule has 1 aliphatic rings. The highest BCUT2D eigenvalue weighted by molar-refractivity contribution is 9.10. The average molecular weight is 308 g/mol. The summed E-state index contributed by atoms with van der Waals surface area (Å²) in [4.78, 5) is 0. The van der Waals surface area contributed by atoms with Gasteiger partial charge in [-0.1, -0.05) is 47.8 Å². The number of aliphatic hydroxyl groups excluding tert-OH is 1. The molecule has 0 saturated heterocycles. The summed E-state index contributed by atoms with van der Waals surface area (Å²) >= 11 is 3.41. The quantitative estimate of drug-likeness (QED) is 0.889. The van der Waals surface area contributed by atoms with E-state index in [0.717, 1.165) is 35.7 Å². The maximum Gasteiger partial charge on any atom is 0.0976 e. The highest BCUT2D eigenvalue weighted by Gasteiger charge is 2.42. The monoisotopic (exact) mass is 307 g/mol. The molecule has 0 aliphatic heterocycles. The van der Waals surface area contributed by atoms with E-state index in [2.05, 4.69) is 28.9 Å². The van der Waals surface area contributed by atoms with Gasteiger partial charge in [0, 0.05) is 4.47 Å². The van der Waals surface area contributed by atoms with Crippen molar-refractivity contribution in [1.29, 1.82) is 5.26 Å². The van der Waals surface area contributed by atoms with Crippen LogP contribution in [0.5, 0.6) is 0 Å². The molecule has 0 spiro atoms. The van der Waals surface area contributed by atoms with E-state index < -0.39 is 11.5 Å².